The third-order valence-corrected chi connectivity index (χ3v) is 3.63. The average molecular weight is 234 g/mol. The van der Waals surface area contributed by atoms with E-state index in [1.165, 1.54) is 11.3 Å². The lowest BCUT2D eigenvalue weighted by Crippen LogP contribution is -2.42. The van der Waals surface area contributed by atoms with E-state index in [2.05, 4.69) is 30.0 Å². The largest absolute Gasteiger partial charge is 0.393 e. The smallest absolute Gasteiger partial charge is 0.0599 e. The van der Waals surface area contributed by atoms with Crippen LogP contribution in [0.4, 0.5) is 5.69 Å². The molecule has 94 valence electrons. The molecule has 0 aromatic heterocycles. The molecule has 2 rings (SSSR count). The van der Waals surface area contributed by atoms with Gasteiger partial charge in [-0.15, -0.1) is 0 Å². The monoisotopic (exact) mass is 234 g/mol. The summed E-state index contributed by atoms with van der Waals surface area (Å²) in [5, 5.41) is 9.77. The van der Waals surface area contributed by atoms with Crippen LogP contribution in [0.25, 0.3) is 0 Å². The second kappa shape index (κ2) is 5.07. The highest BCUT2D eigenvalue weighted by molar-refractivity contribution is 5.55. The molecule has 0 bridgehead atoms. The van der Waals surface area contributed by atoms with Gasteiger partial charge >= 0.3 is 0 Å². The molecular formula is C14H22N2O. The van der Waals surface area contributed by atoms with Crippen molar-refractivity contribution in [2.45, 2.75) is 32.4 Å². The van der Waals surface area contributed by atoms with Crippen molar-refractivity contribution in [3.05, 3.63) is 29.8 Å². The van der Waals surface area contributed by atoms with Crippen molar-refractivity contribution < 1.29 is 5.11 Å². The number of aliphatic hydroxyl groups is 1. The summed E-state index contributed by atoms with van der Waals surface area (Å²) in [5.41, 5.74) is 8.42. The predicted octanol–water partition coefficient (Wildman–Crippen LogP) is 1.91. The zero-order chi connectivity index (χ0) is 12.4. The highest BCUT2D eigenvalue weighted by atomic mass is 16.3. The van der Waals surface area contributed by atoms with Gasteiger partial charge in [0.05, 0.1) is 6.10 Å². The summed E-state index contributed by atoms with van der Waals surface area (Å²) < 4.78 is 0. The molecule has 0 saturated carbocycles. The Hall–Kier alpha value is -1.06. The van der Waals surface area contributed by atoms with Crippen molar-refractivity contribution >= 4 is 5.69 Å². The van der Waals surface area contributed by atoms with E-state index in [1.54, 1.807) is 0 Å². The molecule has 1 aromatic rings. The van der Waals surface area contributed by atoms with Crippen molar-refractivity contribution in [1.82, 2.24) is 0 Å². The molecule has 1 aliphatic heterocycles. The maximum atomic E-state index is 9.77. The molecule has 17 heavy (non-hydrogen) atoms. The quantitative estimate of drug-likeness (QED) is 0.822. The predicted molar refractivity (Wildman–Crippen MR) is 71.0 cm³/mol. The van der Waals surface area contributed by atoms with Crippen LogP contribution in [0.15, 0.2) is 24.3 Å². The lowest BCUT2D eigenvalue weighted by molar-refractivity contribution is 0.0970. The summed E-state index contributed by atoms with van der Waals surface area (Å²) >= 11 is 0. The Kier molecular flexibility index (Phi) is 3.69. The Labute approximate surface area is 103 Å². The maximum Gasteiger partial charge on any atom is 0.0599 e. The Morgan fingerprint density at radius 3 is 2.76 bits per heavy atom. The number of hydrogen-bond donors (Lipinski definition) is 2. The van der Waals surface area contributed by atoms with Crippen LogP contribution in [0.2, 0.25) is 0 Å². The SMILES string of the molecule is CC(N)c1ccccc1N1CCC(O)C(C)C1. The van der Waals surface area contributed by atoms with E-state index in [4.69, 9.17) is 5.73 Å². The van der Waals surface area contributed by atoms with Crippen molar-refractivity contribution in [3.8, 4) is 0 Å². The molecule has 3 atom stereocenters. The van der Waals surface area contributed by atoms with Gasteiger partial charge in [-0.3, -0.25) is 0 Å². The van der Waals surface area contributed by atoms with Crippen LogP contribution in [-0.2, 0) is 0 Å². The van der Waals surface area contributed by atoms with E-state index in [-0.39, 0.29) is 12.1 Å². The van der Waals surface area contributed by atoms with Gasteiger partial charge < -0.3 is 15.7 Å². The minimum Gasteiger partial charge on any atom is -0.393 e. The van der Waals surface area contributed by atoms with Crippen LogP contribution in [0.1, 0.15) is 31.9 Å². The Morgan fingerprint density at radius 1 is 1.41 bits per heavy atom. The number of hydrogen-bond acceptors (Lipinski definition) is 3. The van der Waals surface area contributed by atoms with Crippen LogP contribution >= 0.6 is 0 Å². The van der Waals surface area contributed by atoms with Crippen LogP contribution in [0, 0.1) is 5.92 Å². The van der Waals surface area contributed by atoms with Gasteiger partial charge in [-0.2, -0.15) is 0 Å². The Balaban J connectivity index is 2.22. The van der Waals surface area contributed by atoms with Gasteiger partial charge in [-0.1, -0.05) is 25.1 Å². The Morgan fingerprint density at radius 2 is 2.12 bits per heavy atom. The first-order valence-corrected chi connectivity index (χ1v) is 6.37. The van der Waals surface area contributed by atoms with Crippen LogP contribution < -0.4 is 10.6 Å². The first kappa shape index (κ1) is 12.4. The fraction of sp³-hybridized carbons (Fsp3) is 0.571. The van der Waals surface area contributed by atoms with Gasteiger partial charge in [-0.25, -0.2) is 0 Å². The summed E-state index contributed by atoms with van der Waals surface area (Å²) in [6.07, 6.45) is 0.683. The van der Waals surface area contributed by atoms with E-state index < -0.39 is 0 Å². The third-order valence-electron chi connectivity index (χ3n) is 3.63. The lowest BCUT2D eigenvalue weighted by Gasteiger charge is -2.37. The Bertz CT molecular complexity index is 378. The molecule has 0 radical (unpaired) electrons. The summed E-state index contributed by atoms with van der Waals surface area (Å²) in [4.78, 5) is 2.34. The van der Waals surface area contributed by atoms with E-state index in [1.807, 2.05) is 13.0 Å². The van der Waals surface area contributed by atoms with E-state index in [0.717, 1.165) is 19.5 Å². The number of nitrogens with zero attached hydrogens (tertiary/aromatic N) is 1. The van der Waals surface area contributed by atoms with Crippen molar-refractivity contribution in [3.63, 3.8) is 0 Å². The van der Waals surface area contributed by atoms with Crippen LogP contribution in [0.3, 0.4) is 0 Å². The van der Waals surface area contributed by atoms with E-state index in [0.29, 0.717) is 5.92 Å². The number of benzene rings is 1. The fourth-order valence-corrected chi connectivity index (χ4v) is 2.51. The molecule has 1 aromatic carbocycles. The normalized spacial score (nSPS) is 26.9. The molecule has 3 N–H and O–H groups in total. The molecule has 1 saturated heterocycles. The van der Waals surface area contributed by atoms with E-state index in [9.17, 15) is 5.11 Å². The minimum atomic E-state index is -0.159. The average Bonchev–Trinajstić information content (AvgIpc) is 2.32. The number of anilines is 1. The van der Waals surface area contributed by atoms with Gasteiger partial charge in [0, 0.05) is 24.8 Å². The van der Waals surface area contributed by atoms with Gasteiger partial charge in [0.15, 0.2) is 0 Å². The molecule has 1 fully saturated rings. The molecule has 1 heterocycles. The zero-order valence-corrected chi connectivity index (χ0v) is 10.6. The van der Waals surface area contributed by atoms with Crippen molar-refractivity contribution in [2.24, 2.45) is 11.7 Å². The molecule has 0 spiro atoms. The second-order valence-electron chi connectivity index (χ2n) is 5.13. The minimum absolute atomic E-state index is 0.0494. The van der Waals surface area contributed by atoms with Crippen LogP contribution in [-0.4, -0.2) is 24.3 Å². The first-order valence-electron chi connectivity index (χ1n) is 6.37. The summed E-state index contributed by atoms with van der Waals surface area (Å²) in [6, 6.07) is 8.36. The summed E-state index contributed by atoms with van der Waals surface area (Å²) in [7, 11) is 0. The van der Waals surface area contributed by atoms with E-state index >= 15 is 0 Å². The number of rotatable bonds is 2. The zero-order valence-electron chi connectivity index (χ0n) is 10.6. The number of piperidine rings is 1. The van der Waals surface area contributed by atoms with Crippen molar-refractivity contribution in [1.29, 1.82) is 0 Å². The van der Waals surface area contributed by atoms with Crippen molar-refractivity contribution in [2.75, 3.05) is 18.0 Å². The lowest BCUT2D eigenvalue weighted by atomic mass is 9.95. The fourth-order valence-electron chi connectivity index (χ4n) is 2.51. The molecule has 3 unspecified atom stereocenters. The van der Waals surface area contributed by atoms with Gasteiger partial charge in [-0.05, 0) is 30.9 Å². The van der Waals surface area contributed by atoms with Gasteiger partial charge in [0.25, 0.3) is 0 Å². The van der Waals surface area contributed by atoms with Gasteiger partial charge in [0.1, 0.15) is 0 Å². The van der Waals surface area contributed by atoms with Crippen LogP contribution in [0.5, 0.6) is 0 Å². The summed E-state index contributed by atoms with van der Waals surface area (Å²) in [6.45, 7) is 5.94. The molecule has 3 heteroatoms. The highest BCUT2D eigenvalue weighted by Crippen LogP contribution is 2.29. The number of para-hydroxylation sites is 1. The van der Waals surface area contributed by atoms with Gasteiger partial charge in [0.2, 0.25) is 0 Å². The standard InChI is InChI=1S/C14H22N2O/c1-10-9-16(8-7-14(10)17)13-6-4-3-5-12(13)11(2)15/h3-6,10-11,14,17H,7-9,15H2,1-2H3. The molecule has 0 amide bonds. The maximum absolute atomic E-state index is 9.77. The summed E-state index contributed by atoms with van der Waals surface area (Å²) in [5.74, 6) is 0.324. The first-order chi connectivity index (χ1) is 8.09. The number of aliphatic hydroxyl groups excluding tert-OH is 1. The second-order valence-corrected chi connectivity index (χ2v) is 5.13. The molecule has 3 nitrogen and oxygen atoms in total. The topological polar surface area (TPSA) is 49.5 Å². The molecule has 1 aliphatic rings. The highest BCUT2D eigenvalue weighted by Gasteiger charge is 2.25. The third kappa shape index (κ3) is 2.61. The molecule has 0 aliphatic carbocycles. The molecular weight excluding hydrogens is 212 g/mol. The number of nitrogens with two attached hydrogens (primary N) is 1.